The summed E-state index contributed by atoms with van der Waals surface area (Å²) >= 11 is 1.10. The van der Waals surface area contributed by atoms with E-state index >= 15 is 0 Å². The van der Waals surface area contributed by atoms with E-state index in [1.165, 1.54) is 18.3 Å². The van der Waals surface area contributed by atoms with Crippen LogP contribution in [0.3, 0.4) is 0 Å². The Kier molecular flexibility index (Phi) is 4.84. The molecule has 2 aromatic rings. The van der Waals surface area contributed by atoms with E-state index in [2.05, 4.69) is 15.6 Å². The highest BCUT2D eigenvalue weighted by molar-refractivity contribution is 8.00. The summed E-state index contributed by atoms with van der Waals surface area (Å²) in [7, 11) is 0. The minimum absolute atomic E-state index is 0.186. The van der Waals surface area contributed by atoms with Gasteiger partial charge in [0.1, 0.15) is 5.82 Å². The third-order valence-electron chi connectivity index (χ3n) is 3.41. The van der Waals surface area contributed by atoms with Gasteiger partial charge in [0, 0.05) is 11.6 Å². The van der Waals surface area contributed by atoms with Crippen molar-refractivity contribution in [2.75, 3.05) is 0 Å². The summed E-state index contributed by atoms with van der Waals surface area (Å²) in [4.78, 5) is 27.6. The van der Waals surface area contributed by atoms with Gasteiger partial charge in [-0.3, -0.25) is 10.1 Å². The number of carbonyl (C=O) groups is 2. The van der Waals surface area contributed by atoms with Gasteiger partial charge < -0.3 is 9.73 Å². The topological polar surface area (TPSA) is 84.2 Å². The predicted molar refractivity (Wildman–Crippen MR) is 86.9 cm³/mol. The molecule has 1 heterocycles. The second kappa shape index (κ2) is 7.04. The quantitative estimate of drug-likeness (QED) is 0.811. The average molecular weight is 349 g/mol. The van der Waals surface area contributed by atoms with Crippen molar-refractivity contribution in [2.45, 2.75) is 36.3 Å². The molecule has 2 N–H and O–H groups in total. The smallest absolute Gasteiger partial charge is 0.321 e. The Labute approximate surface area is 142 Å². The molecule has 126 valence electrons. The summed E-state index contributed by atoms with van der Waals surface area (Å²) in [5.74, 6) is -0.265. The molecule has 24 heavy (non-hydrogen) atoms. The molecule has 3 rings (SSSR count). The van der Waals surface area contributed by atoms with Gasteiger partial charge in [-0.05, 0) is 44.0 Å². The van der Waals surface area contributed by atoms with Gasteiger partial charge in [0.05, 0.1) is 11.4 Å². The van der Waals surface area contributed by atoms with Gasteiger partial charge in [-0.1, -0.05) is 11.8 Å². The molecule has 1 aromatic heterocycles. The van der Waals surface area contributed by atoms with E-state index in [0.717, 1.165) is 24.6 Å². The maximum absolute atomic E-state index is 12.9. The average Bonchev–Trinajstić information content (AvgIpc) is 3.23. The lowest BCUT2D eigenvalue weighted by Gasteiger charge is -2.09. The highest BCUT2D eigenvalue weighted by atomic mass is 32.2. The molecule has 1 unspecified atom stereocenters. The Morgan fingerprint density at radius 1 is 1.33 bits per heavy atom. The number of nitrogens with one attached hydrogen (secondary N) is 2. The van der Waals surface area contributed by atoms with Crippen LogP contribution in [-0.4, -0.2) is 28.2 Å². The van der Waals surface area contributed by atoms with Crippen LogP contribution in [0.4, 0.5) is 9.18 Å². The summed E-state index contributed by atoms with van der Waals surface area (Å²) in [5.41, 5.74) is 0.691. The monoisotopic (exact) mass is 349 g/mol. The van der Waals surface area contributed by atoms with E-state index < -0.39 is 17.2 Å². The van der Waals surface area contributed by atoms with Crippen molar-refractivity contribution in [3.8, 4) is 11.3 Å². The number of urea groups is 1. The van der Waals surface area contributed by atoms with Crippen LogP contribution >= 0.6 is 11.8 Å². The van der Waals surface area contributed by atoms with E-state index in [-0.39, 0.29) is 11.9 Å². The van der Waals surface area contributed by atoms with Crippen LogP contribution in [-0.2, 0) is 4.79 Å². The lowest BCUT2D eigenvalue weighted by molar-refractivity contribution is -0.119. The number of carbonyl (C=O) groups excluding carboxylic acids is 2. The number of rotatable bonds is 5. The molecule has 0 aliphatic heterocycles. The molecule has 6 nitrogen and oxygen atoms in total. The first-order valence-electron chi connectivity index (χ1n) is 7.51. The van der Waals surface area contributed by atoms with Crippen molar-refractivity contribution >= 4 is 23.7 Å². The zero-order valence-electron chi connectivity index (χ0n) is 12.9. The predicted octanol–water partition coefficient (Wildman–Crippen LogP) is 2.95. The van der Waals surface area contributed by atoms with Crippen LogP contribution in [0.15, 0.2) is 40.1 Å². The molecule has 0 spiro atoms. The molecule has 1 fully saturated rings. The first-order valence-corrected chi connectivity index (χ1v) is 8.39. The fraction of sp³-hybridized carbons (Fsp3) is 0.312. The number of nitrogens with zero attached hydrogens (tertiary/aromatic N) is 1. The zero-order chi connectivity index (χ0) is 17.1. The molecule has 1 aromatic carbocycles. The minimum atomic E-state index is -0.547. The summed E-state index contributed by atoms with van der Waals surface area (Å²) in [6.45, 7) is 1.66. The molecule has 1 saturated carbocycles. The van der Waals surface area contributed by atoms with Crippen LogP contribution in [0.25, 0.3) is 11.3 Å². The summed E-state index contributed by atoms with van der Waals surface area (Å²) in [5, 5.41) is 4.74. The van der Waals surface area contributed by atoms with Gasteiger partial charge in [-0.15, -0.1) is 0 Å². The molecular formula is C16H16FN3O3S. The zero-order valence-corrected chi connectivity index (χ0v) is 13.7. The third kappa shape index (κ3) is 4.35. The van der Waals surface area contributed by atoms with Crippen molar-refractivity contribution in [1.82, 2.24) is 15.6 Å². The first-order chi connectivity index (χ1) is 11.5. The molecule has 1 aliphatic carbocycles. The van der Waals surface area contributed by atoms with Gasteiger partial charge in [0.25, 0.3) is 5.22 Å². The number of amides is 3. The van der Waals surface area contributed by atoms with Gasteiger partial charge >= 0.3 is 6.03 Å². The van der Waals surface area contributed by atoms with Crippen LogP contribution in [0, 0.1) is 5.82 Å². The number of imide groups is 1. The van der Waals surface area contributed by atoms with Crippen LogP contribution in [0.1, 0.15) is 19.8 Å². The third-order valence-corrected chi connectivity index (χ3v) is 4.37. The number of aromatic nitrogens is 1. The summed E-state index contributed by atoms with van der Waals surface area (Å²) in [6.07, 6.45) is 3.42. The second-order valence-corrected chi connectivity index (χ2v) is 6.79. The molecular weight excluding hydrogens is 333 g/mol. The Bertz CT molecular complexity index is 743. The van der Waals surface area contributed by atoms with Gasteiger partial charge in [0.2, 0.25) is 5.91 Å². The Hall–Kier alpha value is -2.35. The SMILES string of the molecule is CC(Sc1ncc(-c2ccc(F)cc2)o1)C(=O)NC(=O)NC1CC1. The normalized spacial score (nSPS) is 14.9. The molecule has 1 atom stereocenters. The maximum atomic E-state index is 12.9. The van der Waals surface area contributed by atoms with Crippen LogP contribution < -0.4 is 10.6 Å². The number of thioether (sulfide) groups is 1. The van der Waals surface area contributed by atoms with Crippen molar-refractivity contribution in [2.24, 2.45) is 0 Å². The van der Waals surface area contributed by atoms with Gasteiger partial charge in [0.15, 0.2) is 5.76 Å². The Balaban J connectivity index is 1.56. The van der Waals surface area contributed by atoms with E-state index in [4.69, 9.17) is 4.42 Å². The Morgan fingerprint density at radius 2 is 2.04 bits per heavy atom. The molecule has 8 heteroatoms. The lowest BCUT2D eigenvalue weighted by Crippen LogP contribution is -2.43. The Morgan fingerprint density at radius 3 is 2.71 bits per heavy atom. The fourth-order valence-corrected chi connectivity index (χ4v) is 2.65. The number of halogens is 1. The number of oxazole rings is 1. The second-order valence-electron chi connectivity index (χ2n) is 5.49. The number of benzene rings is 1. The van der Waals surface area contributed by atoms with Crippen molar-refractivity contribution in [3.63, 3.8) is 0 Å². The number of hydrogen-bond donors (Lipinski definition) is 2. The van der Waals surface area contributed by atoms with Crippen molar-refractivity contribution in [1.29, 1.82) is 0 Å². The highest BCUT2D eigenvalue weighted by Gasteiger charge is 2.25. The summed E-state index contributed by atoms with van der Waals surface area (Å²) in [6, 6.07) is 5.55. The van der Waals surface area contributed by atoms with Crippen LogP contribution in [0.2, 0.25) is 0 Å². The standard InChI is InChI=1S/C16H16FN3O3S/c1-9(14(21)20-15(22)19-12-6-7-12)24-16-18-8-13(23-16)10-2-4-11(17)5-3-10/h2-5,8-9,12H,6-7H2,1H3,(H2,19,20,21,22). The van der Waals surface area contributed by atoms with Gasteiger partial charge in [-0.25, -0.2) is 14.2 Å². The van der Waals surface area contributed by atoms with E-state index in [0.29, 0.717) is 16.5 Å². The van der Waals surface area contributed by atoms with Gasteiger partial charge in [-0.2, -0.15) is 0 Å². The maximum Gasteiger partial charge on any atom is 0.321 e. The minimum Gasteiger partial charge on any atom is -0.431 e. The molecule has 0 saturated heterocycles. The largest absolute Gasteiger partial charge is 0.431 e. The molecule has 3 amide bonds. The molecule has 0 radical (unpaired) electrons. The van der Waals surface area contributed by atoms with Crippen LogP contribution in [0.5, 0.6) is 0 Å². The van der Waals surface area contributed by atoms with Crippen molar-refractivity contribution < 1.29 is 18.4 Å². The van der Waals surface area contributed by atoms with E-state index in [1.54, 1.807) is 19.1 Å². The molecule has 0 bridgehead atoms. The van der Waals surface area contributed by atoms with E-state index in [1.807, 2.05) is 0 Å². The first kappa shape index (κ1) is 16.5. The fourth-order valence-electron chi connectivity index (χ4n) is 1.93. The summed E-state index contributed by atoms with van der Waals surface area (Å²) < 4.78 is 18.5. The number of hydrogen-bond acceptors (Lipinski definition) is 5. The van der Waals surface area contributed by atoms with Crippen molar-refractivity contribution in [3.05, 3.63) is 36.3 Å². The lowest BCUT2D eigenvalue weighted by atomic mass is 10.2. The highest BCUT2D eigenvalue weighted by Crippen LogP contribution is 2.28. The molecule has 1 aliphatic rings. The van der Waals surface area contributed by atoms with E-state index in [9.17, 15) is 14.0 Å².